The zero-order valence-electron chi connectivity index (χ0n) is 11.4. The maximum atomic E-state index is 13.2. The Morgan fingerprint density at radius 1 is 1.45 bits per heavy atom. The second kappa shape index (κ2) is 6.33. The summed E-state index contributed by atoms with van der Waals surface area (Å²) < 4.78 is 13.2. The molecule has 0 fully saturated rings. The van der Waals surface area contributed by atoms with Crippen LogP contribution in [0, 0.1) is 5.82 Å². The summed E-state index contributed by atoms with van der Waals surface area (Å²) in [5.74, 6) is -1.67. The number of urea groups is 1. The Bertz CT molecular complexity index is 518. The Kier molecular flexibility index (Phi) is 5.04. The van der Waals surface area contributed by atoms with Crippen molar-refractivity contribution in [2.45, 2.75) is 25.9 Å². The van der Waals surface area contributed by atoms with E-state index in [2.05, 4.69) is 10.6 Å². The number of carbonyl (C=O) groups excluding carboxylic acids is 2. The molecule has 0 spiro atoms. The fourth-order valence-electron chi connectivity index (χ4n) is 1.36. The van der Waals surface area contributed by atoms with Crippen LogP contribution in [-0.4, -0.2) is 29.2 Å². The minimum Gasteiger partial charge on any atom is -0.388 e. The normalized spacial score (nSPS) is 13.4. The van der Waals surface area contributed by atoms with Crippen molar-refractivity contribution < 1.29 is 19.1 Å². The summed E-state index contributed by atoms with van der Waals surface area (Å²) in [6.07, 6.45) is 0.482. The van der Waals surface area contributed by atoms with E-state index in [1.807, 2.05) is 0 Å². The number of carbonyl (C=O) groups is 2. The summed E-state index contributed by atoms with van der Waals surface area (Å²) in [6.45, 7) is 3.45. The minimum absolute atomic E-state index is 0.0687. The molecule has 0 radical (unpaired) electrons. The van der Waals surface area contributed by atoms with Crippen molar-refractivity contribution in [1.82, 2.24) is 5.32 Å². The van der Waals surface area contributed by atoms with Crippen LogP contribution in [-0.2, 0) is 0 Å². The van der Waals surface area contributed by atoms with Crippen molar-refractivity contribution in [3.05, 3.63) is 29.6 Å². The van der Waals surface area contributed by atoms with Gasteiger partial charge in [-0.2, -0.15) is 0 Å². The molecule has 20 heavy (non-hydrogen) atoms. The number of aliphatic hydroxyl groups is 1. The number of amides is 3. The summed E-state index contributed by atoms with van der Waals surface area (Å²) in [7, 11) is 0. The van der Waals surface area contributed by atoms with Crippen LogP contribution in [0.5, 0.6) is 0 Å². The van der Waals surface area contributed by atoms with E-state index in [-0.39, 0.29) is 17.8 Å². The van der Waals surface area contributed by atoms with Crippen molar-refractivity contribution in [1.29, 1.82) is 0 Å². The Morgan fingerprint density at radius 3 is 2.65 bits per heavy atom. The maximum Gasteiger partial charge on any atom is 0.319 e. The first-order chi connectivity index (χ1) is 9.25. The molecule has 0 heterocycles. The van der Waals surface area contributed by atoms with Crippen LogP contribution in [0.2, 0.25) is 0 Å². The molecule has 0 aliphatic carbocycles. The molecule has 0 aromatic heterocycles. The van der Waals surface area contributed by atoms with Crippen LogP contribution in [0.15, 0.2) is 18.2 Å². The lowest BCUT2D eigenvalue weighted by Crippen LogP contribution is -2.41. The third-order valence-electron chi connectivity index (χ3n) is 2.88. The van der Waals surface area contributed by atoms with Gasteiger partial charge in [0, 0.05) is 12.2 Å². The second-order valence-electron chi connectivity index (χ2n) is 4.72. The summed E-state index contributed by atoms with van der Waals surface area (Å²) in [4.78, 5) is 22.6. The van der Waals surface area contributed by atoms with Crippen LogP contribution in [0.4, 0.5) is 14.9 Å². The smallest absolute Gasteiger partial charge is 0.319 e. The average molecular weight is 283 g/mol. The summed E-state index contributed by atoms with van der Waals surface area (Å²) in [6, 6.07) is 2.92. The zero-order chi connectivity index (χ0) is 15.3. The first-order valence-electron chi connectivity index (χ1n) is 6.12. The van der Waals surface area contributed by atoms with Crippen molar-refractivity contribution in [3.8, 4) is 0 Å². The molecule has 0 aliphatic rings. The highest BCUT2D eigenvalue weighted by molar-refractivity contribution is 5.96. The standard InChI is InChI=1S/C13H18FN3O3/c1-3-13(2,20)7-16-12(19)17-8-4-5-10(14)9(6-8)11(15)18/h4-6,20H,3,7H2,1-2H3,(H2,15,18)(H2,16,17,19). The van der Waals surface area contributed by atoms with Crippen LogP contribution in [0.3, 0.4) is 0 Å². The van der Waals surface area contributed by atoms with Crippen LogP contribution < -0.4 is 16.4 Å². The number of nitrogens with one attached hydrogen (secondary N) is 2. The highest BCUT2D eigenvalue weighted by Gasteiger charge is 2.18. The summed E-state index contributed by atoms with van der Waals surface area (Å²) in [5, 5.41) is 14.6. The molecular weight excluding hydrogens is 265 g/mol. The van der Waals surface area contributed by atoms with Gasteiger partial charge in [-0.25, -0.2) is 9.18 Å². The van der Waals surface area contributed by atoms with Gasteiger partial charge in [0.25, 0.3) is 5.91 Å². The Balaban J connectivity index is 2.67. The highest BCUT2D eigenvalue weighted by atomic mass is 19.1. The van der Waals surface area contributed by atoms with Crippen molar-refractivity contribution in [2.75, 3.05) is 11.9 Å². The summed E-state index contributed by atoms with van der Waals surface area (Å²) >= 11 is 0. The molecule has 0 aliphatic heterocycles. The molecule has 0 saturated heterocycles. The predicted octanol–water partition coefficient (Wildman–Crippen LogP) is 1.21. The number of nitrogens with two attached hydrogens (primary N) is 1. The predicted molar refractivity (Wildman–Crippen MR) is 72.9 cm³/mol. The van der Waals surface area contributed by atoms with E-state index in [0.717, 1.165) is 12.1 Å². The average Bonchev–Trinajstić information content (AvgIpc) is 2.38. The van der Waals surface area contributed by atoms with E-state index in [9.17, 15) is 19.1 Å². The SMILES string of the molecule is CCC(C)(O)CNC(=O)Nc1ccc(F)c(C(N)=O)c1. The Labute approximate surface area is 116 Å². The van der Waals surface area contributed by atoms with Gasteiger partial charge in [0.05, 0.1) is 11.2 Å². The van der Waals surface area contributed by atoms with Crippen molar-refractivity contribution >= 4 is 17.6 Å². The molecule has 1 rings (SSSR count). The van der Waals surface area contributed by atoms with Crippen LogP contribution in [0.1, 0.15) is 30.6 Å². The van der Waals surface area contributed by atoms with Gasteiger partial charge in [-0.3, -0.25) is 4.79 Å². The molecule has 1 aromatic carbocycles. The third-order valence-corrected chi connectivity index (χ3v) is 2.88. The van der Waals surface area contributed by atoms with Gasteiger partial charge in [0.15, 0.2) is 0 Å². The highest BCUT2D eigenvalue weighted by Crippen LogP contribution is 2.14. The lowest BCUT2D eigenvalue weighted by molar-refractivity contribution is 0.0587. The number of benzene rings is 1. The quantitative estimate of drug-likeness (QED) is 0.652. The van der Waals surface area contributed by atoms with E-state index in [4.69, 9.17) is 5.73 Å². The van der Waals surface area contributed by atoms with Gasteiger partial charge >= 0.3 is 6.03 Å². The number of hydrogen-bond acceptors (Lipinski definition) is 3. The van der Waals surface area contributed by atoms with E-state index >= 15 is 0 Å². The molecule has 0 bridgehead atoms. The van der Waals surface area contributed by atoms with Crippen LogP contribution >= 0.6 is 0 Å². The summed E-state index contributed by atoms with van der Waals surface area (Å²) in [5.41, 5.74) is 3.93. The molecule has 3 amide bonds. The van der Waals surface area contributed by atoms with E-state index < -0.39 is 23.4 Å². The second-order valence-corrected chi connectivity index (χ2v) is 4.72. The van der Waals surface area contributed by atoms with Crippen LogP contribution in [0.25, 0.3) is 0 Å². The van der Waals surface area contributed by atoms with Gasteiger partial charge in [0.1, 0.15) is 5.82 Å². The first-order valence-corrected chi connectivity index (χ1v) is 6.12. The van der Waals surface area contributed by atoms with E-state index in [1.165, 1.54) is 6.07 Å². The lowest BCUT2D eigenvalue weighted by Gasteiger charge is -2.21. The number of halogens is 1. The molecular formula is C13H18FN3O3. The zero-order valence-corrected chi connectivity index (χ0v) is 11.4. The molecule has 110 valence electrons. The molecule has 1 aromatic rings. The molecule has 1 atom stereocenters. The van der Waals surface area contributed by atoms with Gasteiger partial charge in [-0.05, 0) is 31.5 Å². The Hall–Kier alpha value is -2.15. The molecule has 1 unspecified atom stereocenters. The topological polar surface area (TPSA) is 104 Å². The number of primary amides is 1. The third kappa shape index (κ3) is 4.51. The molecule has 7 heteroatoms. The van der Waals surface area contributed by atoms with E-state index in [1.54, 1.807) is 13.8 Å². The van der Waals surface area contributed by atoms with Crippen molar-refractivity contribution in [2.24, 2.45) is 5.73 Å². The van der Waals surface area contributed by atoms with Gasteiger partial charge in [-0.1, -0.05) is 6.92 Å². The molecule has 0 saturated carbocycles. The molecule has 6 nitrogen and oxygen atoms in total. The monoisotopic (exact) mass is 283 g/mol. The number of hydrogen-bond donors (Lipinski definition) is 4. The Morgan fingerprint density at radius 2 is 2.10 bits per heavy atom. The van der Waals surface area contributed by atoms with Gasteiger partial charge < -0.3 is 21.5 Å². The van der Waals surface area contributed by atoms with Crippen molar-refractivity contribution in [3.63, 3.8) is 0 Å². The number of rotatable bonds is 5. The largest absolute Gasteiger partial charge is 0.388 e. The minimum atomic E-state index is -1.00. The maximum absolute atomic E-state index is 13.2. The molecule has 5 N–H and O–H groups in total. The fraction of sp³-hybridized carbons (Fsp3) is 0.385. The van der Waals surface area contributed by atoms with Gasteiger partial charge in [-0.15, -0.1) is 0 Å². The van der Waals surface area contributed by atoms with E-state index in [0.29, 0.717) is 6.42 Å². The number of anilines is 1. The lowest BCUT2D eigenvalue weighted by atomic mass is 10.0. The first kappa shape index (κ1) is 15.9. The van der Waals surface area contributed by atoms with Gasteiger partial charge in [0.2, 0.25) is 0 Å². The fourth-order valence-corrected chi connectivity index (χ4v) is 1.36.